The van der Waals surface area contributed by atoms with Crippen LogP contribution in [0.25, 0.3) is 11.4 Å². The largest absolute Gasteiger partial charge is 0.328 e. The fourth-order valence-electron chi connectivity index (χ4n) is 3.81. The summed E-state index contributed by atoms with van der Waals surface area (Å²) < 4.78 is 1.56. The number of aromatic nitrogens is 5. The number of hydrogen-bond acceptors (Lipinski definition) is 8. The van der Waals surface area contributed by atoms with Crippen LogP contribution in [0.2, 0.25) is 0 Å². The van der Waals surface area contributed by atoms with Crippen LogP contribution < -0.4 is 10.6 Å². The number of hydrogen-bond donors (Lipinski definition) is 2. The van der Waals surface area contributed by atoms with Crippen molar-refractivity contribution in [1.82, 2.24) is 24.7 Å². The zero-order valence-corrected chi connectivity index (χ0v) is 17.9. The van der Waals surface area contributed by atoms with Gasteiger partial charge in [0.25, 0.3) is 11.6 Å². The Balaban J connectivity index is 1.63. The Bertz CT molecular complexity index is 1420. The summed E-state index contributed by atoms with van der Waals surface area (Å²) in [4.78, 5) is 37.1. The fourth-order valence-corrected chi connectivity index (χ4v) is 3.81. The molecule has 0 spiro atoms. The molecule has 0 aliphatic carbocycles. The second kappa shape index (κ2) is 8.54. The molecule has 1 aliphatic rings. The van der Waals surface area contributed by atoms with Gasteiger partial charge in [0, 0.05) is 42.0 Å². The van der Waals surface area contributed by atoms with Crippen molar-refractivity contribution in [2.24, 2.45) is 0 Å². The number of non-ortho nitro benzene ring substituents is 1. The Labute approximate surface area is 193 Å². The van der Waals surface area contributed by atoms with Gasteiger partial charge in [0.1, 0.15) is 6.04 Å². The minimum Gasteiger partial charge on any atom is -0.328 e. The van der Waals surface area contributed by atoms with Crippen molar-refractivity contribution in [1.29, 1.82) is 0 Å². The third-order valence-corrected chi connectivity index (χ3v) is 5.33. The summed E-state index contributed by atoms with van der Waals surface area (Å²) in [5.74, 6) is 0.428. The quantitative estimate of drug-likeness (QED) is 0.344. The third-order valence-electron chi connectivity index (χ3n) is 5.33. The van der Waals surface area contributed by atoms with Gasteiger partial charge in [0.15, 0.2) is 5.82 Å². The van der Waals surface area contributed by atoms with Crippen LogP contribution in [0.1, 0.15) is 18.5 Å². The molecular formula is C23H18N8O3. The van der Waals surface area contributed by atoms with Crippen molar-refractivity contribution >= 4 is 23.2 Å². The van der Waals surface area contributed by atoms with E-state index in [1.807, 2.05) is 6.07 Å². The Morgan fingerprint density at radius 3 is 2.62 bits per heavy atom. The van der Waals surface area contributed by atoms with Crippen LogP contribution in [0, 0.1) is 10.1 Å². The minimum atomic E-state index is -0.759. The van der Waals surface area contributed by atoms with E-state index in [9.17, 15) is 14.9 Å². The molecule has 0 radical (unpaired) electrons. The predicted molar refractivity (Wildman–Crippen MR) is 124 cm³/mol. The number of fused-ring (bicyclic) bond motifs is 1. The summed E-state index contributed by atoms with van der Waals surface area (Å²) in [6, 6.07) is 12.4. The minimum absolute atomic E-state index is 0.0881. The lowest BCUT2D eigenvalue weighted by Crippen LogP contribution is -2.31. The maximum Gasteiger partial charge on any atom is 0.269 e. The monoisotopic (exact) mass is 454 g/mol. The number of carbonyl (C=O) groups excluding carboxylic acids is 1. The maximum absolute atomic E-state index is 13.4. The second-order valence-corrected chi connectivity index (χ2v) is 7.56. The van der Waals surface area contributed by atoms with Crippen LogP contribution in [0.5, 0.6) is 0 Å². The van der Waals surface area contributed by atoms with E-state index in [4.69, 9.17) is 0 Å². The first-order valence-corrected chi connectivity index (χ1v) is 10.3. The van der Waals surface area contributed by atoms with E-state index >= 15 is 0 Å². The lowest BCUT2D eigenvalue weighted by molar-refractivity contribution is -0.384. The van der Waals surface area contributed by atoms with Crippen molar-refractivity contribution in [3.63, 3.8) is 0 Å². The molecular weight excluding hydrogens is 436 g/mol. The first-order valence-electron chi connectivity index (χ1n) is 10.3. The molecule has 168 valence electrons. The fraction of sp³-hybridized carbons (Fsp3) is 0.0870. The third kappa shape index (κ3) is 3.86. The maximum atomic E-state index is 13.4. The highest BCUT2D eigenvalue weighted by molar-refractivity contribution is 6.06. The van der Waals surface area contributed by atoms with E-state index in [0.717, 1.165) is 0 Å². The standard InChI is InChI=1S/C23H18N8O3/c1-14-19(22(32)27-17-7-4-10-25-13-17)20(15-5-2-8-18(11-15)31(33)34)30-23(26-14)28-21(29-30)16-6-3-9-24-12-16/h2-13,20H,1H3,(H,27,32)(H,26,28,29). The number of nitrogens with one attached hydrogen (secondary N) is 2. The Morgan fingerprint density at radius 2 is 1.91 bits per heavy atom. The van der Waals surface area contributed by atoms with E-state index in [2.05, 4.69) is 30.7 Å². The predicted octanol–water partition coefficient (Wildman–Crippen LogP) is 3.57. The molecule has 0 bridgehead atoms. The summed E-state index contributed by atoms with van der Waals surface area (Å²) in [6.07, 6.45) is 6.43. The molecule has 1 atom stereocenters. The number of rotatable bonds is 5. The average Bonchev–Trinajstić information content (AvgIpc) is 3.28. The number of benzene rings is 1. The number of nitro groups is 1. The Morgan fingerprint density at radius 1 is 1.12 bits per heavy atom. The van der Waals surface area contributed by atoms with Crippen molar-refractivity contribution in [2.45, 2.75) is 13.0 Å². The molecule has 11 heteroatoms. The topological polar surface area (TPSA) is 141 Å². The van der Waals surface area contributed by atoms with Crippen molar-refractivity contribution < 1.29 is 9.72 Å². The summed E-state index contributed by atoms with van der Waals surface area (Å²) in [5.41, 5.74) is 2.55. The first kappa shape index (κ1) is 20.9. The Kier molecular flexibility index (Phi) is 5.26. The molecule has 0 fully saturated rings. The smallest absolute Gasteiger partial charge is 0.269 e. The lowest BCUT2D eigenvalue weighted by Gasteiger charge is -2.28. The molecule has 4 aromatic rings. The summed E-state index contributed by atoms with van der Waals surface area (Å²) >= 11 is 0. The van der Waals surface area contributed by atoms with Gasteiger partial charge in [-0.15, -0.1) is 5.10 Å². The normalized spacial score (nSPS) is 14.8. The molecule has 0 saturated carbocycles. The van der Waals surface area contributed by atoms with Crippen LogP contribution in [-0.2, 0) is 4.79 Å². The number of amides is 1. The van der Waals surface area contributed by atoms with E-state index in [0.29, 0.717) is 39.9 Å². The van der Waals surface area contributed by atoms with E-state index in [-0.39, 0.29) is 5.69 Å². The number of carbonyl (C=O) groups is 1. The van der Waals surface area contributed by atoms with Gasteiger partial charge in [-0.3, -0.25) is 24.9 Å². The van der Waals surface area contributed by atoms with Gasteiger partial charge in [-0.05, 0) is 36.8 Å². The van der Waals surface area contributed by atoms with Gasteiger partial charge in [-0.1, -0.05) is 12.1 Å². The number of nitrogens with zero attached hydrogens (tertiary/aromatic N) is 6. The van der Waals surface area contributed by atoms with Gasteiger partial charge in [-0.25, -0.2) is 4.68 Å². The van der Waals surface area contributed by atoms with Gasteiger partial charge < -0.3 is 10.6 Å². The highest BCUT2D eigenvalue weighted by Crippen LogP contribution is 2.37. The molecule has 4 heterocycles. The van der Waals surface area contributed by atoms with Crippen LogP contribution in [0.3, 0.4) is 0 Å². The zero-order chi connectivity index (χ0) is 23.7. The van der Waals surface area contributed by atoms with Gasteiger partial charge in [0.05, 0.1) is 22.4 Å². The molecule has 11 nitrogen and oxygen atoms in total. The van der Waals surface area contributed by atoms with Crippen LogP contribution in [0.4, 0.5) is 17.3 Å². The average molecular weight is 454 g/mol. The number of allylic oxidation sites excluding steroid dienone is 1. The summed E-state index contributed by atoms with van der Waals surface area (Å²) in [5, 5.41) is 22.1. The molecule has 1 aromatic carbocycles. The molecule has 2 N–H and O–H groups in total. The van der Waals surface area contributed by atoms with E-state index in [1.165, 1.54) is 18.3 Å². The number of pyridine rings is 2. The highest BCUT2D eigenvalue weighted by atomic mass is 16.6. The van der Waals surface area contributed by atoms with Gasteiger partial charge in [-0.2, -0.15) is 4.98 Å². The SMILES string of the molecule is CC1=C(C(=O)Nc2cccnc2)C(c2cccc([N+](=O)[O-])c2)n2nc(-c3cccnc3)nc2N1. The van der Waals surface area contributed by atoms with Crippen LogP contribution >= 0.6 is 0 Å². The lowest BCUT2D eigenvalue weighted by atomic mass is 9.94. The van der Waals surface area contributed by atoms with Gasteiger partial charge in [0.2, 0.25) is 5.95 Å². The number of anilines is 2. The van der Waals surface area contributed by atoms with Gasteiger partial charge >= 0.3 is 0 Å². The molecule has 3 aromatic heterocycles. The van der Waals surface area contributed by atoms with Crippen molar-refractivity contribution in [2.75, 3.05) is 10.6 Å². The first-order chi connectivity index (χ1) is 16.5. The number of nitro benzene ring substituents is 1. The van der Waals surface area contributed by atoms with Crippen LogP contribution in [0.15, 0.2) is 84.6 Å². The second-order valence-electron chi connectivity index (χ2n) is 7.56. The summed E-state index contributed by atoms with van der Waals surface area (Å²) in [6.45, 7) is 1.75. The Hall–Kier alpha value is -4.93. The molecule has 34 heavy (non-hydrogen) atoms. The summed E-state index contributed by atoms with van der Waals surface area (Å²) in [7, 11) is 0. The zero-order valence-electron chi connectivity index (χ0n) is 17.9. The van der Waals surface area contributed by atoms with Crippen molar-refractivity contribution in [3.05, 3.63) is 100 Å². The van der Waals surface area contributed by atoms with E-state index in [1.54, 1.807) is 60.5 Å². The van der Waals surface area contributed by atoms with Crippen LogP contribution in [-0.4, -0.2) is 35.6 Å². The molecule has 1 unspecified atom stereocenters. The molecule has 0 saturated heterocycles. The van der Waals surface area contributed by atoms with E-state index < -0.39 is 16.9 Å². The van der Waals surface area contributed by atoms with Crippen molar-refractivity contribution in [3.8, 4) is 11.4 Å². The highest BCUT2D eigenvalue weighted by Gasteiger charge is 2.35. The molecule has 1 aliphatic heterocycles. The molecule has 5 rings (SSSR count). The molecule has 1 amide bonds.